The number of hydrogen-bond acceptors (Lipinski definition) is 4. The zero-order chi connectivity index (χ0) is 27.7. The second-order valence-electron chi connectivity index (χ2n) is 8.66. The summed E-state index contributed by atoms with van der Waals surface area (Å²) in [6, 6.07) is 19.5. The molecule has 3 rings (SSSR count). The Morgan fingerprint density at radius 1 is 0.947 bits per heavy atom. The van der Waals surface area contributed by atoms with Crippen molar-refractivity contribution in [3.05, 3.63) is 93.8 Å². The van der Waals surface area contributed by atoms with E-state index in [1.807, 2.05) is 6.92 Å². The second-order valence-corrected chi connectivity index (χ2v) is 11.8. The molecule has 7 nitrogen and oxygen atoms in total. The van der Waals surface area contributed by atoms with Crippen molar-refractivity contribution in [1.29, 1.82) is 0 Å². The highest BCUT2D eigenvalue weighted by Gasteiger charge is 2.33. The van der Waals surface area contributed by atoms with E-state index in [4.69, 9.17) is 0 Å². The summed E-state index contributed by atoms with van der Waals surface area (Å²) >= 11 is 2.12. The van der Waals surface area contributed by atoms with Gasteiger partial charge in [-0.05, 0) is 89.5 Å². The Morgan fingerprint density at radius 2 is 1.58 bits per heavy atom. The van der Waals surface area contributed by atoms with E-state index in [-0.39, 0.29) is 17.3 Å². The summed E-state index contributed by atoms with van der Waals surface area (Å²) < 4.78 is 42.9. The van der Waals surface area contributed by atoms with Crippen molar-refractivity contribution >= 4 is 50.1 Å². The standard InChI is InChI=1S/C28H31FIN3O4S/c1-3-18-31-28(35)26(4-2)32(19-21-10-12-22(29)13-11-21)27(34)20-33(24-16-14-23(30)15-17-24)38(36,37)25-8-6-5-7-9-25/h5-17,26H,3-4,18-20H2,1-2H3,(H,31,35)/t26-/m0/s1. The first-order valence-electron chi connectivity index (χ1n) is 12.3. The van der Waals surface area contributed by atoms with Crippen LogP contribution in [0.1, 0.15) is 32.3 Å². The zero-order valence-electron chi connectivity index (χ0n) is 21.3. The van der Waals surface area contributed by atoms with Crippen LogP contribution >= 0.6 is 22.6 Å². The highest BCUT2D eigenvalue weighted by atomic mass is 127. The van der Waals surface area contributed by atoms with Gasteiger partial charge in [0.2, 0.25) is 11.8 Å². The third kappa shape index (κ3) is 7.53. The normalized spacial score (nSPS) is 12.0. The summed E-state index contributed by atoms with van der Waals surface area (Å²) in [6.07, 6.45) is 1.04. The molecule has 0 aliphatic heterocycles. The number of amides is 2. The highest BCUT2D eigenvalue weighted by Crippen LogP contribution is 2.25. The monoisotopic (exact) mass is 651 g/mol. The lowest BCUT2D eigenvalue weighted by atomic mass is 10.1. The van der Waals surface area contributed by atoms with Crippen molar-refractivity contribution in [2.75, 3.05) is 17.4 Å². The highest BCUT2D eigenvalue weighted by molar-refractivity contribution is 14.1. The molecule has 0 aliphatic rings. The number of sulfonamides is 1. The molecule has 10 heteroatoms. The van der Waals surface area contributed by atoms with Crippen LogP contribution in [0.2, 0.25) is 0 Å². The van der Waals surface area contributed by atoms with Crippen molar-refractivity contribution in [2.45, 2.75) is 44.2 Å². The van der Waals surface area contributed by atoms with Crippen LogP contribution in [-0.4, -0.2) is 44.3 Å². The minimum absolute atomic E-state index is 0.0169. The van der Waals surface area contributed by atoms with Gasteiger partial charge in [-0.1, -0.05) is 44.2 Å². The lowest BCUT2D eigenvalue weighted by Gasteiger charge is -2.33. The Kier molecular flexibility index (Phi) is 10.7. The maximum Gasteiger partial charge on any atom is 0.264 e. The van der Waals surface area contributed by atoms with E-state index >= 15 is 0 Å². The van der Waals surface area contributed by atoms with Gasteiger partial charge in [-0.15, -0.1) is 0 Å². The first-order chi connectivity index (χ1) is 18.2. The summed E-state index contributed by atoms with van der Waals surface area (Å²) in [6.45, 7) is 3.67. The van der Waals surface area contributed by atoms with Gasteiger partial charge in [0.25, 0.3) is 10.0 Å². The SMILES string of the molecule is CCCNC(=O)[C@H](CC)N(Cc1ccc(F)cc1)C(=O)CN(c1ccc(I)cc1)S(=O)(=O)c1ccccc1. The van der Waals surface area contributed by atoms with E-state index in [9.17, 15) is 22.4 Å². The molecule has 38 heavy (non-hydrogen) atoms. The number of nitrogens with zero attached hydrogens (tertiary/aromatic N) is 2. The molecule has 1 N–H and O–H groups in total. The first kappa shape index (κ1) is 29.6. The van der Waals surface area contributed by atoms with Crippen LogP contribution in [0, 0.1) is 9.39 Å². The molecular weight excluding hydrogens is 620 g/mol. The molecule has 0 radical (unpaired) electrons. The minimum atomic E-state index is -4.11. The van der Waals surface area contributed by atoms with Crippen LogP contribution in [0.5, 0.6) is 0 Å². The van der Waals surface area contributed by atoms with Gasteiger partial charge >= 0.3 is 0 Å². The molecule has 202 valence electrons. The Labute approximate surface area is 237 Å². The molecule has 3 aromatic carbocycles. The molecule has 0 saturated heterocycles. The second kappa shape index (κ2) is 13.7. The van der Waals surface area contributed by atoms with Crippen LogP contribution in [0.25, 0.3) is 0 Å². The predicted octanol–water partition coefficient (Wildman–Crippen LogP) is 4.96. The molecule has 1 atom stereocenters. The lowest BCUT2D eigenvalue weighted by Crippen LogP contribution is -2.52. The molecular formula is C28H31FIN3O4S. The lowest BCUT2D eigenvalue weighted by molar-refractivity contribution is -0.140. The Balaban J connectivity index is 2.02. The molecule has 3 aromatic rings. The molecule has 0 fully saturated rings. The van der Waals surface area contributed by atoms with E-state index < -0.39 is 34.3 Å². The van der Waals surface area contributed by atoms with Gasteiger partial charge < -0.3 is 10.2 Å². The van der Waals surface area contributed by atoms with Crippen molar-refractivity contribution in [2.24, 2.45) is 0 Å². The van der Waals surface area contributed by atoms with Gasteiger partial charge in [-0.2, -0.15) is 0 Å². The summed E-state index contributed by atoms with van der Waals surface area (Å²) in [5.41, 5.74) is 0.945. The summed E-state index contributed by atoms with van der Waals surface area (Å²) in [7, 11) is -4.11. The number of anilines is 1. The van der Waals surface area contributed by atoms with Gasteiger partial charge in [0, 0.05) is 16.7 Å². The van der Waals surface area contributed by atoms with Gasteiger partial charge in [0.15, 0.2) is 0 Å². The van der Waals surface area contributed by atoms with Gasteiger partial charge in [-0.25, -0.2) is 12.8 Å². The third-order valence-corrected chi connectivity index (χ3v) is 8.43. The molecule has 0 aliphatic carbocycles. The fraction of sp³-hybridized carbons (Fsp3) is 0.286. The number of benzene rings is 3. The smallest absolute Gasteiger partial charge is 0.264 e. The van der Waals surface area contributed by atoms with Crippen LogP contribution in [0.15, 0.2) is 83.8 Å². The third-order valence-electron chi connectivity index (χ3n) is 5.93. The van der Waals surface area contributed by atoms with Gasteiger partial charge in [0.1, 0.15) is 18.4 Å². The molecule has 0 unspecified atom stereocenters. The van der Waals surface area contributed by atoms with Crippen LogP contribution in [-0.2, 0) is 26.2 Å². The van der Waals surface area contributed by atoms with Crippen molar-refractivity contribution in [3.63, 3.8) is 0 Å². The Bertz CT molecular complexity index is 1320. The summed E-state index contributed by atoms with van der Waals surface area (Å²) in [5, 5.41) is 2.84. The number of carbonyl (C=O) groups is 2. The maximum atomic E-state index is 13.9. The van der Waals surface area contributed by atoms with E-state index in [0.717, 1.165) is 14.3 Å². The van der Waals surface area contributed by atoms with Gasteiger partial charge in [-0.3, -0.25) is 13.9 Å². The van der Waals surface area contributed by atoms with Crippen LogP contribution in [0.4, 0.5) is 10.1 Å². The first-order valence-corrected chi connectivity index (χ1v) is 14.8. The van der Waals surface area contributed by atoms with E-state index in [1.54, 1.807) is 61.5 Å². The van der Waals surface area contributed by atoms with Crippen molar-refractivity contribution in [1.82, 2.24) is 10.2 Å². The number of hydrogen-bond donors (Lipinski definition) is 1. The maximum absolute atomic E-state index is 13.9. The quantitative estimate of drug-likeness (QED) is 0.281. The number of halogens is 2. The average molecular weight is 652 g/mol. The van der Waals surface area contributed by atoms with Crippen molar-refractivity contribution in [3.8, 4) is 0 Å². The summed E-state index contributed by atoms with van der Waals surface area (Å²) in [5.74, 6) is -1.29. The Morgan fingerprint density at radius 3 is 2.16 bits per heavy atom. The number of rotatable bonds is 12. The van der Waals surface area contributed by atoms with Crippen molar-refractivity contribution < 1.29 is 22.4 Å². The fourth-order valence-corrected chi connectivity index (χ4v) is 5.72. The van der Waals surface area contributed by atoms with E-state index in [1.165, 1.54) is 29.2 Å². The number of carbonyl (C=O) groups excluding carboxylic acids is 2. The largest absolute Gasteiger partial charge is 0.354 e. The zero-order valence-corrected chi connectivity index (χ0v) is 24.3. The molecule has 0 saturated carbocycles. The molecule has 0 aromatic heterocycles. The fourth-order valence-electron chi connectivity index (χ4n) is 3.93. The van der Waals surface area contributed by atoms with Crippen LogP contribution < -0.4 is 9.62 Å². The molecule has 0 bridgehead atoms. The van der Waals surface area contributed by atoms with E-state index in [2.05, 4.69) is 27.9 Å². The predicted molar refractivity (Wildman–Crippen MR) is 154 cm³/mol. The minimum Gasteiger partial charge on any atom is -0.354 e. The van der Waals surface area contributed by atoms with Gasteiger partial charge in [0.05, 0.1) is 10.6 Å². The molecule has 0 heterocycles. The molecule has 2 amide bonds. The van der Waals surface area contributed by atoms with Crippen LogP contribution in [0.3, 0.4) is 0 Å². The summed E-state index contributed by atoms with van der Waals surface area (Å²) in [4.78, 5) is 28.3. The Hall–Kier alpha value is -2.99. The average Bonchev–Trinajstić information content (AvgIpc) is 2.92. The number of nitrogens with one attached hydrogen (secondary N) is 1. The molecule has 0 spiro atoms. The van der Waals surface area contributed by atoms with E-state index in [0.29, 0.717) is 24.2 Å². The topological polar surface area (TPSA) is 86.8 Å².